The Morgan fingerprint density at radius 2 is 2.17 bits per heavy atom. The van der Waals surface area contributed by atoms with Crippen molar-refractivity contribution in [2.24, 2.45) is 0 Å². The maximum atomic E-state index is 5.58. The van der Waals surface area contributed by atoms with Gasteiger partial charge in [-0.3, -0.25) is 0 Å². The number of aromatic nitrogens is 2. The average Bonchev–Trinajstić information content (AvgIpc) is 2.97. The second-order valence-electron chi connectivity index (χ2n) is 4.30. The van der Waals surface area contributed by atoms with Gasteiger partial charge >= 0.3 is 0 Å². The summed E-state index contributed by atoms with van der Waals surface area (Å²) in [5.74, 6) is 2.05. The number of hydrogen-bond donors (Lipinski definition) is 1. The van der Waals surface area contributed by atoms with E-state index in [4.69, 9.17) is 8.83 Å². The summed E-state index contributed by atoms with van der Waals surface area (Å²) in [5, 5.41) is 11.4. The van der Waals surface area contributed by atoms with Gasteiger partial charge in [-0.05, 0) is 38.9 Å². The summed E-state index contributed by atoms with van der Waals surface area (Å²) in [4.78, 5) is 0. The van der Waals surface area contributed by atoms with Crippen LogP contribution in [-0.2, 0) is 6.42 Å². The molecule has 0 radical (unpaired) electrons. The van der Waals surface area contributed by atoms with Crippen molar-refractivity contribution in [3.63, 3.8) is 0 Å². The third-order valence-electron chi connectivity index (χ3n) is 2.62. The Hall–Kier alpha value is -1.62. The van der Waals surface area contributed by atoms with Crippen LogP contribution in [0.3, 0.4) is 0 Å². The standard InChI is InChI=1S/C13H19N3O2/c1-3-6-14-7-4-5-12-15-16-13(18-12)11-8-10(2)17-9-11/h8-9,14H,3-7H2,1-2H3. The third-order valence-corrected chi connectivity index (χ3v) is 2.62. The van der Waals surface area contributed by atoms with Crippen molar-refractivity contribution in [2.45, 2.75) is 33.1 Å². The van der Waals surface area contributed by atoms with Crippen LogP contribution in [0.1, 0.15) is 31.4 Å². The van der Waals surface area contributed by atoms with Crippen molar-refractivity contribution in [1.29, 1.82) is 0 Å². The number of nitrogens with zero attached hydrogens (tertiary/aromatic N) is 2. The van der Waals surface area contributed by atoms with E-state index in [2.05, 4.69) is 22.4 Å². The van der Waals surface area contributed by atoms with E-state index in [-0.39, 0.29) is 0 Å². The maximum Gasteiger partial charge on any atom is 0.250 e. The molecule has 0 atom stereocenters. The van der Waals surface area contributed by atoms with E-state index < -0.39 is 0 Å². The fraction of sp³-hybridized carbons (Fsp3) is 0.538. The van der Waals surface area contributed by atoms with Crippen LogP contribution >= 0.6 is 0 Å². The zero-order valence-electron chi connectivity index (χ0n) is 10.9. The normalized spacial score (nSPS) is 11.0. The van der Waals surface area contributed by atoms with Crippen molar-refractivity contribution in [3.8, 4) is 11.5 Å². The molecule has 1 N–H and O–H groups in total. The first-order valence-electron chi connectivity index (χ1n) is 6.38. The van der Waals surface area contributed by atoms with Gasteiger partial charge in [-0.15, -0.1) is 10.2 Å². The Morgan fingerprint density at radius 3 is 2.89 bits per heavy atom. The summed E-state index contributed by atoms with van der Waals surface area (Å²) in [7, 11) is 0. The summed E-state index contributed by atoms with van der Waals surface area (Å²) in [6, 6.07) is 1.89. The molecule has 0 fully saturated rings. The van der Waals surface area contributed by atoms with Gasteiger partial charge in [0.2, 0.25) is 5.89 Å². The summed E-state index contributed by atoms with van der Waals surface area (Å²) in [6.45, 7) is 6.09. The summed E-state index contributed by atoms with van der Waals surface area (Å²) < 4.78 is 10.8. The maximum absolute atomic E-state index is 5.58. The fourth-order valence-electron chi connectivity index (χ4n) is 1.69. The molecule has 2 aromatic heterocycles. The van der Waals surface area contributed by atoms with Crippen molar-refractivity contribution in [3.05, 3.63) is 24.0 Å². The molecule has 5 nitrogen and oxygen atoms in total. The van der Waals surface area contributed by atoms with Crippen LogP contribution in [0.25, 0.3) is 11.5 Å². The monoisotopic (exact) mass is 249 g/mol. The first-order valence-corrected chi connectivity index (χ1v) is 6.38. The summed E-state index contributed by atoms with van der Waals surface area (Å²) >= 11 is 0. The highest BCUT2D eigenvalue weighted by molar-refractivity contribution is 5.50. The Kier molecular flexibility index (Phi) is 4.52. The molecule has 0 unspecified atom stereocenters. The Bertz CT molecular complexity index is 476. The fourth-order valence-corrected chi connectivity index (χ4v) is 1.69. The predicted molar refractivity (Wildman–Crippen MR) is 68.2 cm³/mol. The van der Waals surface area contributed by atoms with Gasteiger partial charge in [-0.25, -0.2) is 0 Å². The van der Waals surface area contributed by atoms with Crippen molar-refractivity contribution < 1.29 is 8.83 Å². The van der Waals surface area contributed by atoms with E-state index in [9.17, 15) is 0 Å². The van der Waals surface area contributed by atoms with E-state index in [0.29, 0.717) is 11.8 Å². The largest absolute Gasteiger partial charge is 0.469 e. The van der Waals surface area contributed by atoms with Crippen LogP contribution < -0.4 is 5.32 Å². The number of hydrogen-bond acceptors (Lipinski definition) is 5. The third kappa shape index (κ3) is 3.43. The number of aryl methyl sites for hydroxylation is 2. The van der Waals surface area contributed by atoms with Gasteiger partial charge < -0.3 is 14.2 Å². The zero-order valence-corrected chi connectivity index (χ0v) is 10.9. The predicted octanol–water partition coefficient (Wildman–Crippen LogP) is 2.57. The lowest BCUT2D eigenvalue weighted by Gasteiger charge is -1.99. The highest BCUT2D eigenvalue weighted by Crippen LogP contribution is 2.20. The lowest BCUT2D eigenvalue weighted by Crippen LogP contribution is -2.16. The van der Waals surface area contributed by atoms with Gasteiger partial charge in [-0.2, -0.15) is 0 Å². The van der Waals surface area contributed by atoms with E-state index in [0.717, 1.165) is 43.7 Å². The zero-order chi connectivity index (χ0) is 12.8. The van der Waals surface area contributed by atoms with Crippen molar-refractivity contribution >= 4 is 0 Å². The minimum atomic E-state index is 0.531. The minimum Gasteiger partial charge on any atom is -0.469 e. The van der Waals surface area contributed by atoms with Crippen LogP contribution in [0.5, 0.6) is 0 Å². The summed E-state index contributed by atoms with van der Waals surface area (Å²) in [5.41, 5.74) is 0.843. The molecule has 5 heteroatoms. The Labute approximate surface area is 107 Å². The highest BCUT2D eigenvalue weighted by Gasteiger charge is 2.10. The van der Waals surface area contributed by atoms with Crippen LogP contribution in [-0.4, -0.2) is 23.3 Å². The molecule has 18 heavy (non-hydrogen) atoms. The quantitative estimate of drug-likeness (QED) is 0.764. The van der Waals surface area contributed by atoms with E-state index in [1.165, 1.54) is 0 Å². The van der Waals surface area contributed by atoms with E-state index >= 15 is 0 Å². The van der Waals surface area contributed by atoms with Gasteiger partial charge in [0, 0.05) is 6.42 Å². The van der Waals surface area contributed by atoms with Crippen LogP contribution in [0.4, 0.5) is 0 Å². The first kappa shape index (κ1) is 12.8. The molecule has 0 aliphatic carbocycles. The van der Waals surface area contributed by atoms with Gasteiger partial charge in [0.1, 0.15) is 12.0 Å². The molecule has 2 heterocycles. The second-order valence-corrected chi connectivity index (χ2v) is 4.30. The second kappa shape index (κ2) is 6.35. The molecule has 0 aliphatic rings. The van der Waals surface area contributed by atoms with E-state index in [1.807, 2.05) is 13.0 Å². The molecular weight excluding hydrogens is 230 g/mol. The lowest BCUT2D eigenvalue weighted by atomic mass is 10.3. The van der Waals surface area contributed by atoms with Gasteiger partial charge in [0.25, 0.3) is 5.89 Å². The molecule has 2 aromatic rings. The molecule has 0 bridgehead atoms. The molecule has 0 spiro atoms. The number of nitrogens with one attached hydrogen (secondary N) is 1. The smallest absolute Gasteiger partial charge is 0.250 e. The van der Waals surface area contributed by atoms with Gasteiger partial charge in [0.15, 0.2) is 0 Å². The number of furan rings is 1. The minimum absolute atomic E-state index is 0.531. The van der Waals surface area contributed by atoms with Crippen LogP contribution in [0.2, 0.25) is 0 Å². The van der Waals surface area contributed by atoms with Crippen molar-refractivity contribution in [1.82, 2.24) is 15.5 Å². The van der Waals surface area contributed by atoms with E-state index in [1.54, 1.807) is 6.26 Å². The molecular formula is C13H19N3O2. The average molecular weight is 249 g/mol. The highest BCUT2D eigenvalue weighted by atomic mass is 16.4. The Morgan fingerprint density at radius 1 is 1.28 bits per heavy atom. The molecule has 98 valence electrons. The summed E-state index contributed by atoms with van der Waals surface area (Å²) in [6.07, 6.45) is 4.60. The molecule has 0 amide bonds. The molecule has 0 aromatic carbocycles. The van der Waals surface area contributed by atoms with Crippen LogP contribution in [0, 0.1) is 6.92 Å². The van der Waals surface area contributed by atoms with Crippen molar-refractivity contribution in [2.75, 3.05) is 13.1 Å². The SMILES string of the molecule is CCCNCCCc1nnc(-c2coc(C)c2)o1. The van der Waals surface area contributed by atoms with Gasteiger partial charge in [-0.1, -0.05) is 6.92 Å². The van der Waals surface area contributed by atoms with Gasteiger partial charge in [0.05, 0.1) is 5.56 Å². The first-order chi connectivity index (χ1) is 8.79. The molecule has 2 rings (SSSR count). The Balaban J connectivity index is 1.83. The number of rotatable bonds is 7. The van der Waals surface area contributed by atoms with Crippen LogP contribution in [0.15, 0.2) is 21.2 Å². The molecule has 0 aliphatic heterocycles. The molecule has 0 saturated carbocycles. The lowest BCUT2D eigenvalue weighted by molar-refractivity contribution is 0.489. The molecule has 0 saturated heterocycles. The topological polar surface area (TPSA) is 64.1 Å².